The number of aromatic nitrogens is 4. The number of ether oxygens (including phenoxy) is 1. The number of carbonyl (C=O) groups is 1. The third-order valence-corrected chi connectivity index (χ3v) is 7.21. The average molecular weight is 560 g/mol. The van der Waals surface area contributed by atoms with Gasteiger partial charge in [-0.2, -0.15) is 18.3 Å². The van der Waals surface area contributed by atoms with E-state index < -0.39 is 36.5 Å². The lowest BCUT2D eigenvalue weighted by molar-refractivity contribution is -0.165. The van der Waals surface area contributed by atoms with Gasteiger partial charge in [0.05, 0.1) is 30.7 Å². The summed E-state index contributed by atoms with van der Waals surface area (Å²) < 4.78 is 63.6. The van der Waals surface area contributed by atoms with E-state index in [2.05, 4.69) is 10.1 Å². The molecular formula is C29H33F4N5O2. The lowest BCUT2D eigenvalue weighted by Crippen LogP contribution is -2.46. The Balaban J connectivity index is 1.69. The Morgan fingerprint density at radius 2 is 1.95 bits per heavy atom. The SMILES string of the molecule is COc1cc(-c2cn(C3CCCC(F)=CC=CC(C)N(CC(F)(F)F)C3=O)cn2)ccc1-c1c(C)nn(C)c1C. The molecule has 3 heterocycles. The molecule has 0 fully saturated rings. The summed E-state index contributed by atoms with van der Waals surface area (Å²) in [5.74, 6) is -0.482. The van der Waals surface area contributed by atoms with Crippen molar-refractivity contribution in [2.75, 3.05) is 13.7 Å². The van der Waals surface area contributed by atoms with Crippen LogP contribution in [0.4, 0.5) is 17.6 Å². The Morgan fingerprint density at radius 1 is 1.20 bits per heavy atom. The monoisotopic (exact) mass is 559 g/mol. The number of nitrogens with zero attached hydrogens (tertiary/aromatic N) is 5. The second-order valence-electron chi connectivity index (χ2n) is 10.0. The van der Waals surface area contributed by atoms with E-state index in [0.717, 1.165) is 27.4 Å². The fraction of sp³-hybridized carbons (Fsp3) is 0.414. The van der Waals surface area contributed by atoms with Crippen LogP contribution in [0.3, 0.4) is 0 Å². The number of alkyl halides is 3. The predicted octanol–water partition coefficient (Wildman–Crippen LogP) is 6.49. The topological polar surface area (TPSA) is 65.2 Å². The number of methoxy groups -OCH3 is 1. The van der Waals surface area contributed by atoms with Crippen LogP contribution in [0.5, 0.6) is 5.75 Å². The van der Waals surface area contributed by atoms with Gasteiger partial charge in [0.15, 0.2) is 0 Å². The van der Waals surface area contributed by atoms with Gasteiger partial charge in [0.25, 0.3) is 0 Å². The second kappa shape index (κ2) is 11.7. The molecule has 2 aromatic heterocycles. The van der Waals surface area contributed by atoms with Crippen molar-refractivity contribution in [1.82, 2.24) is 24.2 Å². The molecule has 1 amide bonds. The Hall–Kier alpha value is -3.89. The molecule has 0 N–H and O–H groups in total. The van der Waals surface area contributed by atoms with Crippen LogP contribution < -0.4 is 4.74 Å². The number of hydrogen-bond donors (Lipinski definition) is 0. The standard InChI is InChI=1S/C29H33F4N5O2/c1-18-8-6-9-22(30)10-7-11-25(28(39)38(18)16-29(31,32)33)37-15-24(34-17-37)21-12-13-23(26(14-21)40-5)27-19(2)35-36(4)20(27)3/h6,8-9,12-15,17-18,25H,7,10-11,16H2,1-5H3. The van der Waals surface area contributed by atoms with Gasteiger partial charge < -0.3 is 14.2 Å². The van der Waals surface area contributed by atoms with Crippen LogP contribution >= 0.6 is 0 Å². The van der Waals surface area contributed by atoms with E-state index >= 15 is 0 Å². The van der Waals surface area contributed by atoms with Crippen molar-refractivity contribution in [1.29, 1.82) is 0 Å². The molecule has 0 saturated heterocycles. The van der Waals surface area contributed by atoms with Crippen LogP contribution in [0.25, 0.3) is 22.4 Å². The fourth-order valence-corrected chi connectivity index (χ4v) is 5.06. The minimum Gasteiger partial charge on any atom is -0.496 e. The third kappa shape index (κ3) is 6.29. The highest BCUT2D eigenvalue weighted by Crippen LogP contribution is 2.37. The van der Waals surface area contributed by atoms with Crippen LogP contribution in [0.1, 0.15) is 43.6 Å². The van der Waals surface area contributed by atoms with Crippen molar-refractivity contribution < 1.29 is 27.1 Å². The summed E-state index contributed by atoms with van der Waals surface area (Å²) in [7, 11) is 3.45. The highest BCUT2D eigenvalue weighted by molar-refractivity contribution is 5.82. The Morgan fingerprint density at radius 3 is 2.60 bits per heavy atom. The number of halogens is 4. The number of rotatable bonds is 5. The summed E-state index contributed by atoms with van der Waals surface area (Å²) in [6.07, 6.45) is 2.97. The number of imidazole rings is 1. The van der Waals surface area contributed by atoms with Gasteiger partial charge in [0.1, 0.15) is 18.3 Å². The number of carbonyl (C=O) groups excluding carboxylic acids is 1. The quantitative estimate of drug-likeness (QED) is 0.335. The van der Waals surface area contributed by atoms with Crippen molar-refractivity contribution in [2.24, 2.45) is 7.05 Å². The molecule has 1 aromatic carbocycles. The van der Waals surface area contributed by atoms with Gasteiger partial charge in [-0.25, -0.2) is 9.37 Å². The first-order chi connectivity index (χ1) is 18.9. The number of hydrogen-bond acceptors (Lipinski definition) is 4. The molecule has 1 aliphatic heterocycles. The highest BCUT2D eigenvalue weighted by atomic mass is 19.4. The summed E-state index contributed by atoms with van der Waals surface area (Å²) in [4.78, 5) is 18.8. The van der Waals surface area contributed by atoms with Crippen LogP contribution in [0.15, 0.2) is 54.8 Å². The molecule has 3 aromatic rings. The summed E-state index contributed by atoms with van der Waals surface area (Å²) in [6, 6.07) is 3.75. The molecule has 214 valence electrons. The fourth-order valence-electron chi connectivity index (χ4n) is 5.06. The van der Waals surface area contributed by atoms with Crippen LogP contribution in [-0.4, -0.2) is 56.0 Å². The summed E-state index contributed by atoms with van der Waals surface area (Å²) in [6.45, 7) is 3.98. The van der Waals surface area contributed by atoms with Crippen LogP contribution in [0.2, 0.25) is 0 Å². The summed E-state index contributed by atoms with van der Waals surface area (Å²) in [5, 5.41) is 4.48. The largest absolute Gasteiger partial charge is 0.496 e. The Kier molecular flexibility index (Phi) is 8.51. The van der Waals surface area contributed by atoms with E-state index in [1.165, 1.54) is 36.0 Å². The second-order valence-corrected chi connectivity index (χ2v) is 10.0. The maximum Gasteiger partial charge on any atom is 0.406 e. The van der Waals surface area contributed by atoms with E-state index in [4.69, 9.17) is 4.74 Å². The number of benzene rings is 1. The van der Waals surface area contributed by atoms with E-state index in [1.54, 1.807) is 18.0 Å². The first kappa shape index (κ1) is 29.1. The molecule has 0 spiro atoms. The third-order valence-electron chi connectivity index (χ3n) is 7.21. The highest BCUT2D eigenvalue weighted by Gasteiger charge is 2.37. The number of allylic oxidation sites excluding steroid dienone is 3. The molecule has 1 aliphatic rings. The van der Waals surface area contributed by atoms with Crippen molar-refractivity contribution in [3.05, 3.63) is 66.2 Å². The van der Waals surface area contributed by atoms with Crippen LogP contribution in [-0.2, 0) is 11.8 Å². The van der Waals surface area contributed by atoms with Crippen molar-refractivity contribution in [2.45, 2.75) is 58.3 Å². The average Bonchev–Trinajstić information content (AvgIpc) is 3.47. The molecule has 2 unspecified atom stereocenters. The Bertz CT molecular complexity index is 1440. The van der Waals surface area contributed by atoms with Gasteiger partial charge in [-0.05, 0) is 58.2 Å². The van der Waals surface area contributed by atoms with E-state index in [1.807, 2.05) is 39.1 Å². The van der Waals surface area contributed by atoms with Gasteiger partial charge in [-0.3, -0.25) is 9.48 Å². The minimum atomic E-state index is -4.59. The van der Waals surface area contributed by atoms with Gasteiger partial charge >= 0.3 is 6.18 Å². The zero-order chi connectivity index (χ0) is 29.2. The zero-order valence-corrected chi connectivity index (χ0v) is 23.2. The molecule has 4 rings (SSSR count). The van der Waals surface area contributed by atoms with Gasteiger partial charge in [0, 0.05) is 41.7 Å². The first-order valence-corrected chi connectivity index (χ1v) is 13.0. The summed E-state index contributed by atoms with van der Waals surface area (Å²) in [5.41, 5.74) is 4.91. The van der Waals surface area contributed by atoms with Crippen molar-refractivity contribution >= 4 is 5.91 Å². The van der Waals surface area contributed by atoms with Crippen LogP contribution in [0, 0.1) is 13.8 Å². The molecule has 0 aliphatic carbocycles. The van der Waals surface area contributed by atoms with Gasteiger partial charge in [0.2, 0.25) is 5.91 Å². The molecule has 0 bridgehead atoms. The minimum absolute atomic E-state index is 0.0785. The van der Waals surface area contributed by atoms with Gasteiger partial charge in [-0.15, -0.1) is 0 Å². The maximum absolute atomic E-state index is 14.2. The zero-order valence-electron chi connectivity index (χ0n) is 23.2. The number of amides is 1. The molecule has 7 nitrogen and oxygen atoms in total. The normalized spacial score (nSPS) is 19.0. The molecule has 40 heavy (non-hydrogen) atoms. The maximum atomic E-state index is 14.2. The summed E-state index contributed by atoms with van der Waals surface area (Å²) >= 11 is 0. The Labute approximate surface area is 230 Å². The van der Waals surface area contributed by atoms with Gasteiger partial charge in [-0.1, -0.05) is 18.2 Å². The number of aryl methyl sites for hydroxylation is 2. The van der Waals surface area contributed by atoms with E-state index in [-0.39, 0.29) is 19.3 Å². The molecule has 0 radical (unpaired) electrons. The lowest BCUT2D eigenvalue weighted by atomic mass is 10.00. The van der Waals surface area contributed by atoms with E-state index in [9.17, 15) is 22.4 Å². The first-order valence-electron chi connectivity index (χ1n) is 13.0. The predicted molar refractivity (Wildman–Crippen MR) is 144 cm³/mol. The molecule has 11 heteroatoms. The van der Waals surface area contributed by atoms with Crippen molar-refractivity contribution in [3.8, 4) is 28.1 Å². The molecular weight excluding hydrogens is 526 g/mol. The molecule has 0 saturated carbocycles. The van der Waals surface area contributed by atoms with E-state index in [0.29, 0.717) is 17.0 Å². The van der Waals surface area contributed by atoms with Crippen molar-refractivity contribution in [3.63, 3.8) is 0 Å². The molecule has 2 atom stereocenters. The lowest BCUT2D eigenvalue weighted by Gasteiger charge is -2.32. The smallest absolute Gasteiger partial charge is 0.406 e.